The minimum absolute atomic E-state index is 0.426. The third-order valence-corrected chi connectivity index (χ3v) is 2.46. The molecule has 1 aromatic rings. The molecule has 0 heterocycles. The highest BCUT2D eigenvalue weighted by molar-refractivity contribution is 6.31. The number of halogens is 2. The molecule has 1 nitrogen and oxygen atoms in total. The van der Waals surface area contributed by atoms with E-state index in [4.69, 9.17) is 11.6 Å². The molecular formula is C11H12ClFO. The van der Waals surface area contributed by atoms with Gasteiger partial charge in [-0.1, -0.05) is 29.8 Å². The lowest BCUT2D eigenvalue weighted by Gasteiger charge is -2.22. The van der Waals surface area contributed by atoms with Crippen molar-refractivity contribution in [3.63, 3.8) is 0 Å². The van der Waals surface area contributed by atoms with Crippen molar-refractivity contribution in [2.24, 2.45) is 0 Å². The van der Waals surface area contributed by atoms with E-state index in [9.17, 15) is 9.18 Å². The van der Waals surface area contributed by atoms with E-state index in [2.05, 4.69) is 0 Å². The Morgan fingerprint density at radius 1 is 1.43 bits per heavy atom. The Hall–Kier alpha value is -0.890. The normalized spacial score (nSPS) is 13.7. The molecule has 0 fully saturated rings. The summed E-state index contributed by atoms with van der Waals surface area (Å²) in [5.74, 6) is -0.809. The summed E-state index contributed by atoms with van der Waals surface area (Å²) in [5, 5.41) is 0.426. The van der Waals surface area contributed by atoms with Crippen LogP contribution >= 0.6 is 11.6 Å². The second-order valence-electron chi connectivity index (χ2n) is 3.70. The van der Waals surface area contributed by atoms with Gasteiger partial charge in [-0.25, -0.2) is 4.39 Å². The van der Waals surface area contributed by atoms with E-state index >= 15 is 0 Å². The fourth-order valence-corrected chi connectivity index (χ4v) is 1.59. The first-order valence-electron chi connectivity index (χ1n) is 4.35. The zero-order chi connectivity index (χ0) is 10.8. The number of rotatable bonds is 3. The smallest absolute Gasteiger partial charge is 0.130 e. The van der Waals surface area contributed by atoms with E-state index in [-0.39, 0.29) is 0 Å². The average Bonchev–Trinajstić information content (AvgIpc) is 2.07. The zero-order valence-electron chi connectivity index (χ0n) is 8.13. The van der Waals surface area contributed by atoms with E-state index in [0.717, 1.165) is 0 Å². The number of benzene rings is 1. The van der Waals surface area contributed by atoms with Gasteiger partial charge < -0.3 is 4.79 Å². The van der Waals surface area contributed by atoms with Crippen molar-refractivity contribution < 1.29 is 9.18 Å². The molecule has 76 valence electrons. The lowest BCUT2D eigenvalue weighted by atomic mass is 9.87. The number of aldehydes is 1. The van der Waals surface area contributed by atoms with Crippen molar-refractivity contribution in [3.8, 4) is 0 Å². The van der Waals surface area contributed by atoms with E-state index in [1.165, 1.54) is 13.8 Å². The van der Waals surface area contributed by atoms with Crippen molar-refractivity contribution in [2.45, 2.75) is 25.4 Å². The second kappa shape index (κ2) is 4.09. The molecule has 14 heavy (non-hydrogen) atoms. The molecule has 1 atom stereocenters. The van der Waals surface area contributed by atoms with Crippen molar-refractivity contribution in [1.82, 2.24) is 0 Å². The van der Waals surface area contributed by atoms with Crippen LogP contribution in [0.25, 0.3) is 0 Å². The van der Waals surface area contributed by atoms with E-state index in [1.807, 2.05) is 0 Å². The predicted octanol–water partition coefficient (Wildman–Crippen LogP) is 3.37. The molecule has 0 radical (unpaired) electrons. The van der Waals surface area contributed by atoms with Crippen LogP contribution in [0, 0.1) is 0 Å². The maximum Gasteiger partial charge on any atom is 0.130 e. The summed E-state index contributed by atoms with van der Waals surface area (Å²) in [4.78, 5) is 10.8. The summed E-state index contributed by atoms with van der Waals surface area (Å²) < 4.78 is 13.6. The van der Waals surface area contributed by atoms with Crippen LogP contribution in [-0.2, 0) is 4.79 Å². The van der Waals surface area contributed by atoms with Gasteiger partial charge in [-0.2, -0.15) is 0 Å². The molecule has 0 aliphatic rings. The van der Waals surface area contributed by atoms with Crippen molar-refractivity contribution in [3.05, 3.63) is 34.9 Å². The zero-order valence-corrected chi connectivity index (χ0v) is 8.88. The molecule has 0 saturated carbocycles. The molecule has 0 N–H and O–H groups in total. The Labute approximate surface area is 87.9 Å². The van der Waals surface area contributed by atoms with Gasteiger partial charge in [0, 0.05) is 5.02 Å². The Bertz CT molecular complexity index is 330. The topological polar surface area (TPSA) is 17.1 Å². The molecule has 0 spiro atoms. The molecule has 0 aliphatic carbocycles. The van der Waals surface area contributed by atoms with Crippen LogP contribution in [0.3, 0.4) is 0 Å². The maximum absolute atomic E-state index is 13.6. The van der Waals surface area contributed by atoms with Crippen LogP contribution in [0.5, 0.6) is 0 Å². The molecule has 0 amide bonds. The highest BCUT2D eigenvalue weighted by atomic mass is 35.5. The van der Waals surface area contributed by atoms with Crippen LogP contribution in [0.2, 0.25) is 5.02 Å². The SMILES string of the molecule is CC(C)(F)C(C=O)c1ccccc1Cl. The molecule has 0 aromatic heterocycles. The quantitative estimate of drug-likeness (QED) is 0.705. The number of hydrogen-bond acceptors (Lipinski definition) is 1. The molecule has 1 unspecified atom stereocenters. The monoisotopic (exact) mass is 214 g/mol. The predicted molar refractivity (Wildman–Crippen MR) is 55.4 cm³/mol. The first kappa shape index (κ1) is 11.2. The summed E-state index contributed by atoms with van der Waals surface area (Å²) >= 11 is 5.88. The first-order valence-corrected chi connectivity index (χ1v) is 4.73. The van der Waals surface area contributed by atoms with Gasteiger partial charge in [0.15, 0.2) is 0 Å². The molecule has 1 rings (SSSR count). The van der Waals surface area contributed by atoms with Gasteiger partial charge in [0.05, 0.1) is 5.92 Å². The lowest BCUT2D eigenvalue weighted by Crippen LogP contribution is -2.25. The molecule has 3 heteroatoms. The highest BCUT2D eigenvalue weighted by Gasteiger charge is 2.31. The van der Waals surface area contributed by atoms with Crippen LogP contribution in [0.4, 0.5) is 4.39 Å². The third kappa shape index (κ3) is 2.32. The summed E-state index contributed by atoms with van der Waals surface area (Å²) in [6.07, 6.45) is 0.598. The van der Waals surface area contributed by atoms with Gasteiger partial charge in [-0.05, 0) is 25.5 Å². The molecule has 0 saturated heterocycles. The van der Waals surface area contributed by atoms with Crippen molar-refractivity contribution in [1.29, 1.82) is 0 Å². The maximum atomic E-state index is 13.6. The lowest BCUT2D eigenvalue weighted by molar-refractivity contribution is -0.111. The molecule has 1 aromatic carbocycles. The fourth-order valence-electron chi connectivity index (χ4n) is 1.33. The first-order chi connectivity index (χ1) is 6.46. The Kier molecular flexibility index (Phi) is 3.27. The van der Waals surface area contributed by atoms with Gasteiger partial charge in [0.25, 0.3) is 0 Å². The van der Waals surface area contributed by atoms with E-state index in [0.29, 0.717) is 16.9 Å². The average molecular weight is 215 g/mol. The number of carbonyl (C=O) groups excluding carboxylic acids is 1. The summed E-state index contributed by atoms with van der Waals surface area (Å²) in [5.41, 5.74) is -1.05. The van der Waals surface area contributed by atoms with Crippen LogP contribution in [-0.4, -0.2) is 12.0 Å². The van der Waals surface area contributed by atoms with Crippen LogP contribution in [0.1, 0.15) is 25.3 Å². The van der Waals surface area contributed by atoms with Crippen molar-refractivity contribution >= 4 is 17.9 Å². The second-order valence-corrected chi connectivity index (χ2v) is 4.11. The molecule has 0 bridgehead atoms. The number of alkyl halides is 1. The summed E-state index contributed by atoms with van der Waals surface area (Å²) in [7, 11) is 0. The van der Waals surface area contributed by atoms with Gasteiger partial charge in [0.2, 0.25) is 0 Å². The standard InChI is InChI=1S/C11H12ClFO/c1-11(2,13)9(7-14)8-5-3-4-6-10(8)12/h3-7,9H,1-2H3. The fraction of sp³-hybridized carbons (Fsp3) is 0.364. The third-order valence-electron chi connectivity index (χ3n) is 2.12. The van der Waals surface area contributed by atoms with Gasteiger partial charge >= 0.3 is 0 Å². The highest BCUT2D eigenvalue weighted by Crippen LogP contribution is 2.33. The Morgan fingerprint density at radius 3 is 2.43 bits per heavy atom. The molecular weight excluding hydrogens is 203 g/mol. The largest absolute Gasteiger partial charge is 0.303 e. The summed E-state index contributed by atoms with van der Waals surface area (Å²) in [6.45, 7) is 2.74. The summed E-state index contributed by atoms with van der Waals surface area (Å²) in [6, 6.07) is 6.81. The van der Waals surface area contributed by atoms with Gasteiger partial charge in [-0.3, -0.25) is 0 Å². The Morgan fingerprint density at radius 2 is 2.00 bits per heavy atom. The number of carbonyl (C=O) groups is 1. The Balaban J connectivity index is 3.14. The van der Waals surface area contributed by atoms with Gasteiger partial charge in [-0.15, -0.1) is 0 Å². The molecule has 0 aliphatic heterocycles. The minimum Gasteiger partial charge on any atom is -0.303 e. The number of hydrogen-bond donors (Lipinski definition) is 0. The van der Waals surface area contributed by atoms with Gasteiger partial charge in [0.1, 0.15) is 12.0 Å². The van der Waals surface area contributed by atoms with E-state index in [1.54, 1.807) is 24.3 Å². The van der Waals surface area contributed by atoms with Crippen LogP contribution < -0.4 is 0 Å². The van der Waals surface area contributed by atoms with Crippen LogP contribution in [0.15, 0.2) is 24.3 Å². The minimum atomic E-state index is -1.59. The van der Waals surface area contributed by atoms with Crippen molar-refractivity contribution in [2.75, 3.05) is 0 Å². The van der Waals surface area contributed by atoms with E-state index < -0.39 is 11.6 Å².